The highest BCUT2D eigenvalue weighted by Crippen LogP contribution is 2.23. The predicted molar refractivity (Wildman–Crippen MR) is 88.2 cm³/mol. The van der Waals surface area contributed by atoms with Crippen molar-refractivity contribution >= 4 is 5.91 Å². The van der Waals surface area contributed by atoms with Crippen LogP contribution in [-0.4, -0.2) is 53.4 Å². The van der Waals surface area contributed by atoms with E-state index in [9.17, 15) is 4.79 Å². The van der Waals surface area contributed by atoms with Crippen molar-refractivity contribution in [3.05, 3.63) is 41.7 Å². The van der Waals surface area contributed by atoms with E-state index in [0.717, 1.165) is 18.5 Å². The summed E-state index contributed by atoms with van der Waals surface area (Å²) in [4.78, 5) is 12.5. The highest BCUT2D eigenvalue weighted by atomic mass is 16.5. The third-order valence-corrected chi connectivity index (χ3v) is 4.52. The van der Waals surface area contributed by atoms with Gasteiger partial charge in [-0.1, -0.05) is 23.4 Å². The topological polar surface area (TPSA) is 78.3 Å². The van der Waals surface area contributed by atoms with E-state index in [1.807, 2.05) is 37.3 Å². The molecule has 0 unspecified atom stereocenters. The van der Waals surface area contributed by atoms with Crippen LogP contribution in [0.2, 0.25) is 0 Å². The molecule has 128 valence electrons. The third kappa shape index (κ3) is 3.32. The lowest BCUT2D eigenvalue weighted by molar-refractivity contribution is -0.0864. The molecule has 0 saturated carbocycles. The summed E-state index contributed by atoms with van der Waals surface area (Å²) >= 11 is 0. The van der Waals surface area contributed by atoms with Crippen LogP contribution < -0.4 is 5.32 Å². The normalized spacial score (nSPS) is 16.8. The molecule has 0 atom stereocenters. The van der Waals surface area contributed by atoms with Crippen molar-refractivity contribution in [2.45, 2.75) is 25.4 Å². The summed E-state index contributed by atoms with van der Waals surface area (Å²) in [7, 11) is 1.68. The second-order valence-electron chi connectivity index (χ2n) is 5.95. The van der Waals surface area contributed by atoms with E-state index in [1.165, 1.54) is 0 Å². The van der Waals surface area contributed by atoms with Gasteiger partial charge in [-0.15, -0.1) is 5.10 Å². The summed E-state index contributed by atoms with van der Waals surface area (Å²) in [6.07, 6.45) is 1.53. The molecule has 0 bridgehead atoms. The van der Waals surface area contributed by atoms with E-state index in [4.69, 9.17) is 9.47 Å². The summed E-state index contributed by atoms with van der Waals surface area (Å²) in [5.74, 6) is -0.238. The zero-order valence-corrected chi connectivity index (χ0v) is 14.0. The van der Waals surface area contributed by atoms with Crippen molar-refractivity contribution in [3.8, 4) is 5.69 Å². The highest BCUT2D eigenvalue weighted by molar-refractivity contribution is 5.93. The fourth-order valence-corrected chi connectivity index (χ4v) is 2.87. The van der Waals surface area contributed by atoms with Gasteiger partial charge in [-0.25, -0.2) is 4.68 Å². The number of nitrogens with zero attached hydrogens (tertiary/aromatic N) is 3. The first kappa shape index (κ1) is 16.6. The Labute approximate surface area is 141 Å². The number of rotatable bonds is 5. The molecular weight excluding hydrogens is 308 g/mol. The smallest absolute Gasteiger partial charge is 0.273 e. The van der Waals surface area contributed by atoms with Crippen LogP contribution in [-0.2, 0) is 9.47 Å². The van der Waals surface area contributed by atoms with Gasteiger partial charge in [0.15, 0.2) is 5.69 Å². The van der Waals surface area contributed by atoms with Gasteiger partial charge >= 0.3 is 0 Å². The van der Waals surface area contributed by atoms with Crippen molar-refractivity contribution in [1.82, 2.24) is 20.3 Å². The quantitative estimate of drug-likeness (QED) is 0.899. The minimum atomic E-state index is -0.364. The zero-order valence-electron chi connectivity index (χ0n) is 14.0. The number of carbonyl (C=O) groups excluding carboxylic acids is 1. The molecule has 0 aliphatic carbocycles. The molecule has 2 aromatic rings. The first-order chi connectivity index (χ1) is 11.7. The Bertz CT molecular complexity index is 693. The van der Waals surface area contributed by atoms with Gasteiger partial charge in [-0.3, -0.25) is 4.79 Å². The maximum Gasteiger partial charge on any atom is 0.273 e. The molecule has 1 aliphatic rings. The van der Waals surface area contributed by atoms with Crippen molar-refractivity contribution in [2.24, 2.45) is 0 Å². The summed E-state index contributed by atoms with van der Waals surface area (Å²) in [5.41, 5.74) is 1.55. The number of aromatic nitrogens is 3. The fourth-order valence-electron chi connectivity index (χ4n) is 2.87. The summed E-state index contributed by atoms with van der Waals surface area (Å²) in [5, 5.41) is 11.1. The maximum absolute atomic E-state index is 12.5. The van der Waals surface area contributed by atoms with Gasteiger partial charge in [-0.2, -0.15) is 0 Å². The second-order valence-corrected chi connectivity index (χ2v) is 5.95. The summed E-state index contributed by atoms with van der Waals surface area (Å²) in [6.45, 7) is 3.56. The third-order valence-electron chi connectivity index (χ3n) is 4.52. The highest BCUT2D eigenvalue weighted by Gasteiger charge is 2.33. The number of carbonyl (C=O) groups is 1. The Kier molecular flexibility index (Phi) is 4.92. The molecule has 1 N–H and O–H groups in total. The molecule has 2 heterocycles. The summed E-state index contributed by atoms with van der Waals surface area (Å²) < 4.78 is 12.7. The lowest BCUT2D eigenvalue weighted by Crippen LogP contribution is -2.48. The number of nitrogens with one attached hydrogen (secondary N) is 1. The standard InChI is InChI=1S/C17H22N4O3/c1-13-15(19-20-21(13)14-6-4-3-5-7-14)16(22)18-12-17(23-2)8-10-24-11-9-17/h3-7H,8-12H2,1-2H3,(H,18,22). The Morgan fingerprint density at radius 1 is 1.33 bits per heavy atom. The Morgan fingerprint density at radius 2 is 2.04 bits per heavy atom. The van der Waals surface area contributed by atoms with Crippen LogP contribution in [0.4, 0.5) is 0 Å². The number of hydrogen-bond acceptors (Lipinski definition) is 5. The molecule has 7 heteroatoms. The Morgan fingerprint density at radius 3 is 2.71 bits per heavy atom. The van der Waals surface area contributed by atoms with E-state index >= 15 is 0 Å². The molecule has 24 heavy (non-hydrogen) atoms. The molecule has 1 aliphatic heterocycles. The van der Waals surface area contributed by atoms with Gasteiger partial charge in [-0.05, 0) is 19.1 Å². The van der Waals surface area contributed by atoms with Crippen molar-refractivity contribution in [1.29, 1.82) is 0 Å². The van der Waals surface area contributed by atoms with E-state index in [1.54, 1.807) is 11.8 Å². The van der Waals surface area contributed by atoms with Crippen LogP contribution in [0.5, 0.6) is 0 Å². The number of para-hydroxylation sites is 1. The number of methoxy groups -OCH3 is 1. The van der Waals surface area contributed by atoms with Gasteiger partial charge in [0.1, 0.15) is 0 Å². The molecule has 1 saturated heterocycles. The maximum atomic E-state index is 12.5. The van der Waals surface area contributed by atoms with Crippen LogP contribution in [0.15, 0.2) is 30.3 Å². The minimum Gasteiger partial charge on any atom is -0.381 e. The first-order valence-electron chi connectivity index (χ1n) is 8.04. The van der Waals surface area contributed by atoms with Crippen LogP contribution in [0.3, 0.4) is 0 Å². The average molecular weight is 330 g/mol. The lowest BCUT2D eigenvalue weighted by Gasteiger charge is -2.35. The fraction of sp³-hybridized carbons (Fsp3) is 0.471. The average Bonchev–Trinajstić information content (AvgIpc) is 3.03. The number of ether oxygens (including phenoxy) is 2. The SMILES string of the molecule is COC1(CNC(=O)c2nnn(-c3ccccc3)c2C)CCOCC1. The van der Waals surface area contributed by atoms with Gasteiger partial charge in [0.2, 0.25) is 0 Å². The summed E-state index contributed by atoms with van der Waals surface area (Å²) in [6, 6.07) is 9.62. The molecule has 3 rings (SSSR count). The molecule has 0 radical (unpaired) electrons. The van der Waals surface area contributed by atoms with Gasteiger partial charge < -0.3 is 14.8 Å². The van der Waals surface area contributed by atoms with Crippen LogP contribution >= 0.6 is 0 Å². The van der Waals surface area contributed by atoms with E-state index < -0.39 is 0 Å². The van der Waals surface area contributed by atoms with Crippen molar-refractivity contribution in [2.75, 3.05) is 26.9 Å². The molecule has 0 spiro atoms. The van der Waals surface area contributed by atoms with Crippen LogP contribution in [0, 0.1) is 6.92 Å². The monoisotopic (exact) mass is 330 g/mol. The number of amides is 1. The van der Waals surface area contributed by atoms with Gasteiger partial charge in [0, 0.05) is 39.7 Å². The van der Waals surface area contributed by atoms with Crippen molar-refractivity contribution < 1.29 is 14.3 Å². The largest absolute Gasteiger partial charge is 0.381 e. The Hall–Kier alpha value is -2.25. The van der Waals surface area contributed by atoms with E-state index in [-0.39, 0.29) is 11.5 Å². The molecule has 7 nitrogen and oxygen atoms in total. The molecule has 1 aromatic carbocycles. The van der Waals surface area contributed by atoms with E-state index in [0.29, 0.717) is 31.1 Å². The molecule has 1 aromatic heterocycles. The lowest BCUT2D eigenvalue weighted by atomic mass is 9.94. The number of hydrogen-bond donors (Lipinski definition) is 1. The van der Waals surface area contributed by atoms with Crippen LogP contribution in [0.1, 0.15) is 29.0 Å². The Balaban J connectivity index is 1.71. The minimum absolute atomic E-state index is 0.238. The molecular formula is C17H22N4O3. The second kappa shape index (κ2) is 7.11. The number of benzene rings is 1. The molecule has 1 fully saturated rings. The zero-order chi connectivity index (χ0) is 17.0. The van der Waals surface area contributed by atoms with Gasteiger partial charge in [0.05, 0.1) is 17.0 Å². The first-order valence-corrected chi connectivity index (χ1v) is 8.04. The molecule has 1 amide bonds. The van der Waals surface area contributed by atoms with Gasteiger partial charge in [0.25, 0.3) is 5.91 Å². The van der Waals surface area contributed by atoms with E-state index in [2.05, 4.69) is 15.6 Å². The van der Waals surface area contributed by atoms with Crippen LogP contribution in [0.25, 0.3) is 5.69 Å². The predicted octanol–water partition coefficient (Wildman–Crippen LogP) is 1.50. The van der Waals surface area contributed by atoms with Crippen molar-refractivity contribution in [3.63, 3.8) is 0 Å².